The molecule has 0 amide bonds. The lowest BCUT2D eigenvalue weighted by atomic mass is 10.2. The molecular weight excluding hydrogens is 246 g/mol. The van der Waals surface area contributed by atoms with E-state index in [1.807, 2.05) is 0 Å². The van der Waals surface area contributed by atoms with Crippen LogP contribution in [-0.4, -0.2) is 25.6 Å². The van der Waals surface area contributed by atoms with Crippen LogP contribution in [0.15, 0.2) is 24.3 Å². The Hall–Kier alpha value is -0.603. The summed E-state index contributed by atoms with van der Waals surface area (Å²) in [6.07, 6.45) is 2.88. The molecule has 2 heteroatoms. The van der Waals surface area contributed by atoms with Crippen LogP contribution < -0.4 is 5.19 Å². The lowest BCUT2D eigenvalue weighted by Crippen LogP contribution is -2.37. The van der Waals surface area contributed by atoms with Gasteiger partial charge in [-0.25, -0.2) is 0 Å². The van der Waals surface area contributed by atoms with Crippen LogP contribution in [-0.2, 0) is 6.54 Å². The second-order valence-corrected chi connectivity index (χ2v) is 12.5. The highest BCUT2D eigenvalue weighted by molar-refractivity contribution is 6.88. The monoisotopic (exact) mass is 275 g/mol. The van der Waals surface area contributed by atoms with Crippen LogP contribution >= 0.6 is 0 Å². The smallest absolute Gasteiger partial charge is 0.0775 e. The average Bonchev–Trinajstić information content (AvgIpc) is 3.11. The van der Waals surface area contributed by atoms with Crippen molar-refractivity contribution in [3.8, 4) is 0 Å². The summed E-state index contributed by atoms with van der Waals surface area (Å²) in [5, 5.41) is 1.56. The van der Waals surface area contributed by atoms with E-state index in [1.54, 1.807) is 5.19 Å². The lowest BCUT2D eigenvalue weighted by molar-refractivity contribution is 0.204. The van der Waals surface area contributed by atoms with Crippen molar-refractivity contribution in [1.29, 1.82) is 0 Å². The van der Waals surface area contributed by atoms with Gasteiger partial charge in [0.15, 0.2) is 0 Å². The summed E-state index contributed by atoms with van der Waals surface area (Å²) in [5.74, 6) is 0.976. The van der Waals surface area contributed by atoms with Crippen molar-refractivity contribution in [2.24, 2.45) is 5.92 Å². The van der Waals surface area contributed by atoms with Gasteiger partial charge in [-0.3, -0.25) is 4.90 Å². The quantitative estimate of drug-likeness (QED) is 0.713. The predicted molar refractivity (Wildman–Crippen MR) is 87.7 cm³/mol. The van der Waals surface area contributed by atoms with Gasteiger partial charge in [0.2, 0.25) is 0 Å². The molecule has 0 N–H and O–H groups in total. The zero-order valence-corrected chi connectivity index (χ0v) is 14.2. The van der Waals surface area contributed by atoms with E-state index in [2.05, 4.69) is 62.7 Å². The molecule has 0 bridgehead atoms. The molecule has 1 aliphatic carbocycles. The van der Waals surface area contributed by atoms with Crippen molar-refractivity contribution >= 4 is 13.3 Å². The van der Waals surface area contributed by atoms with E-state index in [4.69, 9.17) is 0 Å². The van der Waals surface area contributed by atoms with Crippen molar-refractivity contribution in [1.82, 2.24) is 4.90 Å². The maximum atomic E-state index is 2.63. The summed E-state index contributed by atoms with van der Waals surface area (Å²) in [4.78, 5) is 2.63. The Morgan fingerprint density at radius 3 is 2.11 bits per heavy atom. The third-order valence-electron chi connectivity index (χ3n) is 4.13. The molecule has 1 nitrogen and oxygen atoms in total. The van der Waals surface area contributed by atoms with Gasteiger partial charge in [0, 0.05) is 19.1 Å². The minimum Gasteiger partial charge on any atom is -0.296 e. The van der Waals surface area contributed by atoms with E-state index in [0.29, 0.717) is 6.04 Å². The van der Waals surface area contributed by atoms with Crippen LogP contribution in [0, 0.1) is 5.92 Å². The fourth-order valence-electron chi connectivity index (χ4n) is 2.43. The van der Waals surface area contributed by atoms with E-state index in [1.165, 1.54) is 24.9 Å². The molecule has 0 saturated heterocycles. The fourth-order valence-corrected chi connectivity index (χ4v) is 3.60. The van der Waals surface area contributed by atoms with Crippen LogP contribution in [0.4, 0.5) is 0 Å². The van der Waals surface area contributed by atoms with Crippen molar-refractivity contribution in [3.05, 3.63) is 29.8 Å². The van der Waals surface area contributed by atoms with Gasteiger partial charge in [-0.1, -0.05) is 49.1 Å². The van der Waals surface area contributed by atoms with E-state index < -0.39 is 8.07 Å². The molecule has 0 spiro atoms. The Labute approximate surface area is 120 Å². The molecule has 2 rings (SSSR count). The molecule has 0 heterocycles. The van der Waals surface area contributed by atoms with Gasteiger partial charge >= 0.3 is 0 Å². The normalized spacial score (nSPS) is 16.4. The summed E-state index contributed by atoms with van der Waals surface area (Å²) in [5.41, 5.74) is 1.47. The minimum absolute atomic E-state index is 0.650. The number of benzene rings is 1. The number of rotatable bonds is 6. The Morgan fingerprint density at radius 2 is 1.68 bits per heavy atom. The van der Waals surface area contributed by atoms with E-state index in [0.717, 1.165) is 12.5 Å². The Morgan fingerprint density at radius 1 is 1.11 bits per heavy atom. The maximum absolute atomic E-state index is 2.63. The lowest BCUT2D eigenvalue weighted by Gasteiger charge is -2.27. The van der Waals surface area contributed by atoms with Gasteiger partial charge in [-0.05, 0) is 38.2 Å². The second kappa shape index (κ2) is 5.80. The zero-order chi connectivity index (χ0) is 14.0. The second-order valence-electron chi connectivity index (χ2n) is 7.41. The first-order valence-electron chi connectivity index (χ1n) is 7.70. The van der Waals surface area contributed by atoms with E-state index in [9.17, 15) is 0 Å². The van der Waals surface area contributed by atoms with Crippen LogP contribution in [0.2, 0.25) is 19.6 Å². The first kappa shape index (κ1) is 14.8. The standard InChI is InChI=1S/C17H29NSi/c1-14(2)18(12-15-6-7-15)13-16-8-10-17(11-9-16)19(3,4)5/h8-11,14-15H,6-7,12-13H2,1-5H3. The molecule has 0 unspecified atom stereocenters. The highest BCUT2D eigenvalue weighted by Gasteiger charge is 2.25. The minimum atomic E-state index is -1.15. The first-order valence-corrected chi connectivity index (χ1v) is 11.2. The Bertz CT molecular complexity index is 398. The number of hydrogen-bond acceptors (Lipinski definition) is 1. The van der Waals surface area contributed by atoms with Crippen molar-refractivity contribution < 1.29 is 0 Å². The molecule has 1 aromatic rings. The topological polar surface area (TPSA) is 3.24 Å². The van der Waals surface area contributed by atoms with E-state index >= 15 is 0 Å². The zero-order valence-electron chi connectivity index (χ0n) is 13.2. The Balaban J connectivity index is 2.00. The van der Waals surface area contributed by atoms with Gasteiger partial charge in [-0.15, -0.1) is 0 Å². The highest BCUT2D eigenvalue weighted by atomic mass is 28.3. The summed E-state index contributed by atoms with van der Waals surface area (Å²) in [6, 6.07) is 10.1. The molecule has 1 aliphatic rings. The molecule has 1 aromatic carbocycles. The van der Waals surface area contributed by atoms with Gasteiger partial charge in [0.1, 0.15) is 0 Å². The summed E-state index contributed by atoms with van der Waals surface area (Å²) >= 11 is 0. The summed E-state index contributed by atoms with van der Waals surface area (Å²) < 4.78 is 0. The average molecular weight is 276 g/mol. The third-order valence-corrected chi connectivity index (χ3v) is 6.19. The summed E-state index contributed by atoms with van der Waals surface area (Å²) in [6.45, 7) is 14.3. The SMILES string of the molecule is CC(C)N(Cc1ccc([Si](C)(C)C)cc1)CC1CC1. The first-order chi connectivity index (χ1) is 8.86. The molecular formula is C17H29NSi. The third kappa shape index (κ3) is 4.46. The number of nitrogens with zero attached hydrogens (tertiary/aromatic N) is 1. The summed E-state index contributed by atoms with van der Waals surface area (Å²) in [7, 11) is -1.15. The maximum Gasteiger partial charge on any atom is 0.0775 e. The van der Waals surface area contributed by atoms with E-state index in [-0.39, 0.29) is 0 Å². The van der Waals surface area contributed by atoms with Crippen LogP contribution in [0.3, 0.4) is 0 Å². The van der Waals surface area contributed by atoms with Crippen molar-refractivity contribution in [2.45, 2.75) is 58.9 Å². The van der Waals surface area contributed by atoms with Gasteiger partial charge in [0.05, 0.1) is 8.07 Å². The predicted octanol–water partition coefficient (Wildman–Crippen LogP) is 3.85. The molecule has 1 saturated carbocycles. The largest absolute Gasteiger partial charge is 0.296 e. The molecule has 0 radical (unpaired) electrons. The van der Waals surface area contributed by atoms with Gasteiger partial charge < -0.3 is 0 Å². The Kier molecular flexibility index (Phi) is 4.52. The van der Waals surface area contributed by atoms with Crippen molar-refractivity contribution in [3.63, 3.8) is 0 Å². The van der Waals surface area contributed by atoms with Crippen molar-refractivity contribution in [2.75, 3.05) is 6.54 Å². The van der Waals surface area contributed by atoms with Crippen LogP contribution in [0.1, 0.15) is 32.3 Å². The van der Waals surface area contributed by atoms with Crippen LogP contribution in [0.5, 0.6) is 0 Å². The molecule has 106 valence electrons. The van der Waals surface area contributed by atoms with Gasteiger partial charge in [0.25, 0.3) is 0 Å². The molecule has 0 aliphatic heterocycles. The molecule has 0 atom stereocenters. The molecule has 19 heavy (non-hydrogen) atoms. The number of hydrogen-bond donors (Lipinski definition) is 0. The van der Waals surface area contributed by atoms with Gasteiger partial charge in [-0.2, -0.15) is 0 Å². The molecule has 0 aromatic heterocycles. The highest BCUT2D eigenvalue weighted by Crippen LogP contribution is 2.30. The molecule has 1 fully saturated rings. The van der Waals surface area contributed by atoms with Crippen LogP contribution in [0.25, 0.3) is 0 Å². The fraction of sp³-hybridized carbons (Fsp3) is 0.647.